The fourth-order valence-electron chi connectivity index (χ4n) is 3.50. The zero-order valence-electron chi connectivity index (χ0n) is 21.2. The van der Waals surface area contributed by atoms with Gasteiger partial charge in [-0.2, -0.15) is 0 Å². The van der Waals surface area contributed by atoms with Crippen LogP contribution in [0.25, 0.3) is 11.2 Å². The third-order valence-corrected chi connectivity index (χ3v) is 7.63. The number of esters is 2. The highest BCUT2D eigenvalue weighted by atomic mass is 31.2. The van der Waals surface area contributed by atoms with Crippen molar-refractivity contribution in [2.24, 2.45) is 0 Å². The highest BCUT2D eigenvalue weighted by Gasteiger charge is 2.31. The average Bonchev–Trinajstić information content (AvgIpc) is 3.18. The fraction of sp³-hybridized carbons (Fsp3) is 0.682. The van der Waals surface area contributed by atoms with Crippen molar-refractivity contribution in [3.05, 3.63) is 12.7 Å². The summed E-state index contributed by atoms with van der Waals surface area (Å²) in [5, 5.41) is 5.72. The summed E-state index contributed by atoms with van der Waals surface area (Å²) in [6.45, 7) is 7.37. The van der Waals surface area contributed by atoms with Crippen LogP contribution in [0.15, 0.2) is 12.7 Å². The molecule has 1 saturated carbocycles. The number of imidazole rings is 1. The van der Waals surface area contributed by atoms with Crippen LogP contribution in [0, 0.1) is 0 Å². The number of rotatable bonds is 14. The number of fused-ring (bicyclic) bond motifs is 1. The topological polar surface area (TPSA) is 173 Å². The van der Waals surface area contributed by atoms with Gasteiger partial charge < -0.3 is 24.5 Å². The molecule has 200 valence electrons. The molecule has 0 amide bonds. The largest absolute Gasteiger partial charge is 0.463 e. The molecule has 0 aromatic carbocycles. The smallest absolute Gasteiger partial charge is 0.323 e. The molecule has 2 aromatic heterocycles. The van der Waals surface area contributed by atoms with E-state index in [2.05, 4.69) is 25.1 Å². The number of hydrogen-bond donors (Lipinski definition) is 3. The van der Waals surface area contributed by atoms with Crippen LogP contribution in [-0.4, -0.2) is 68.7 Å². The number of anilines is 1. The summed E-state index contributed by atoms with van der Waals surface area (Å²) in [5.41, 5.74) is 6.90. The SMILES string of the molecule is CC(C)OC(=O)CCN[P@](=O)(CO[C@H](C)Cn1cnc2c(N)ncnc21)N[C@H](C)C(=O)OC1CCC1. The van der Waals surface area contributed by atoms with E-state index < -0.39 is 31.5 Å². The lowest BCUT2D eigenvalue weighted by Crippen LogP contribution is -2.41. The van der Waals surface area contributed by atoms with E-state index in [4.69, 9.17) is 19.9 Å². The van der Waals surface area contributed by atoms with Gasteiger partial charge >= 0.3 is 11.9 Å². The number of aromatic nitrogens is 4. The zero-order chi connectivity index (χ0) is 26.3. The van der Waals surface area contributed by atoms with Crippen molar-refractivity contribution in [1.29, 1.82) is 0 Å². The lowest BCUT2D eigenvalue weighted by Gasteiger charge is -2.29. The number of nitrogens with zero attached hydrogens (tertiary/aromatic N) is 4. The first-order valence-electron chi connectivity index (χ1n) is 12.1. The molecule has 0 spiro atoms. The maximum Gasteiger partial charge on any atom is 0.323 e. The first kappa shape index (κ1) is 28.0. The number of nitrogens with one attached hydrogen (secondary N) is 2. The van der Waals surface area contributed by atoms with Crippen molar-refractivity contribution in [2.75, 3.05) is 18.6 Å². The minimum atomic E-state index is -3.45. The molecule has 13 nitrogen and oxygen atoms in total. The van der Waals surface area contributed by atoms with Crippen LogP contribution < -0.4 is 15.9 Å². The molecule has 0 radical (unpaired) electrons. The van der Waals surface area contributed by atoms with Crippen molar-refractivity contribution >= 4 is 36.4 Å². The Kier molecular flexibility index (Phi) is 9.77. The van der Waals surface area contributed by atoms with E-state index in [-0.39, 0.29) is 37.3 Å². The lowest BCUT2D eigenvalue weighted by atomic mass is 9.96. The molecule has 0 bridgehead atoms. The third kappa shape index (κ3) is 7.95. The Morgan fingerprint density at radius 2 is 1.97 bits per heavy atom. The van der Waals surface area contributed by atoms with Gasteiger partial charge in [-0.15, -0.1) is 0 Å². The van der Waals surface area contributed by atoms with Gasteiger partial charge in [0, 0.05) is 6.54 Å². The second-order valence-corrected chi connectivity index (χ2v) is 11.5. The summed E-state index contributed by atoms with van der Waals surface area (Å²) < 4.78 is 31.9. The normalized spacial score (nSPS) is 17.4. The second-order valence-electron chi connectivity index (χ2n) is 9.21. The molecule has 3 rings (SSSR count). The van der Waals surface area contributed by atoms with Crippen LogP contribution in [0.3, 0.4) is 0 Å². The predicted octanol–water partition coefficient (Wildman–Crippen LogP) is 1.97. The number of nitrogens with two attached hydrogens (primary N) is 1. The highest BCUT2D eigenvalue weighted by molar-refractivity contribution is 7.59. The van der Waals surface area contributed by atoms with E-state index in [9.17, 15) is 14.2 Å². The molecule has 3 atom stereocenters. The predicted molar refractivity (Wildman–Crippen MR) is 133 cm³/mol. The molecular formula is C22H36N7O6P. The van der Waals surface area contributed by atoms with E-state index in [0.717, 1.165) is 19.3 Å². The first-order valence-corrected chi connectivity index (χ1v) is 14.0. The number of hydrogen-bond acceptors (Lipinski definition) is 10. The molecule has 0 unspecified atom stereocenters. The van der Waals surface area contributed by atoms with Crippen molar-refractivity contribution < 1.29 is 28.4 Å². The van der Waals surface area contributed by atoms with Gasteiger partial charge in [-0.1, -0.05) is 0 Å². The van der Waals surface area contributed by atoms with E-state index >= 15 is 0 Å². The Hall–Kier alpha value is -2.60. The summed E-state index contributed by atoms with van der Waals surface area (Å²) in [6.07, 6.45) is 4.73. The first-order chi connectivity index (χ1) is 17.1. The quantitative estimate of drug-likeness (QED) is 0.242. The van der Waals surface area contributed by atoms with Gasteiger partial charge in [0.25, 0.3) is 0 Å². The van der Waals surface area contributed by atoms with Gasteiger partial charge in [0.15, 0.2) is 11.5 Å². The fourth-order valence-corrected chi connectivity index (χ4v) is 5.43. The maximum absolute atomic E-state index is 13.7. The van der Waals surface area contributed by atoms with E-state index in [1.807, 2.05) is 6.92 Å². The highest BCUT2D eigenvalue weighted by Crippen LogP contribution is 2.37. The Bertz CT molecular complexity index is 1090. The van der Waals surface area contributed by atoms with E-state index in [1.54, 1.807) is 31.7 Å². The zero-order valence-corrected chi connectivity index (χ0v) is 22.1. The summed E-state index contributed by atoms with van der Waals surface area (Å²) in [4.78, 5) is 36.7. The van der Waals surface area contributed by atoms with Crippen LogP contribution >= 0.6 is 7.44 Å². The van der Waals surface area contributed by atoms with Crippen LogP contribution in [0.2, 0.25) is 0 Å². The van der Waals surface area contributed by atoms with Gasteiger partial charge in [0.05, 0.1) is 31.5 Å². The van der Waals surface area contributed by atoms with E-state index in [1.165, 1.54) is 6.33 Å². The third-order valence-electron chi connectivity index (χ3n) is 5.58. The number of carbonyl (C=O) groups is 2. The summed E-state index contributed by atoms with van der Waals surface area (Å²) in [7, 11) is -3.45. The van der Waals surface area contributed by atoms with Crippen LogP contribution in [0.4, 0.5) is 5.82 Å². The molecule has 1 aliphatic rings. The Morgan fingerprint density at radius 1 is 1.22 bits per heavy atom. The van der Waals surface area contributed by atoms with E-state index in [0.29, 0.717) is 17.7 Å². The van der Waals surface area contributed by atoms with Crippen LogP contribution in [-0.2, 0) is 34.9 Å². The Morgan fingerprint density at radius 3 is 2.64 bits per heavy atom. The van der Waals surface area contributed by atoms with Crippen LogP contribution in [0.5, 0.6) is 0 Å². The molecule has 4 N–H and O–H groups in total. The Labute approximate surface area is 210 Å². The maximum atomic E-state index is 13.7. The summed E-state index contributed by atoms with van der Waals surface area (Å²) in [5.74, 6) is -0.607. The number of carbonyl (C=O) groups excluding carboxylic acids is 2. The van der Waals surface area contributed by atoms with Crippen molar-refractivity contribution in [3.63, 3.8) is 0 Å². The number of ether oxygens (including phenoxy) is 3. The van der Waals surface area contributed by atoms with Crippen molar-refractivity contribution in [1.82, 2.24) is 29.7 Å². The van der Waals surface area contributed by atoms with Gasteiger partial charge in [0.2, 0.25) is 7.44 Å². The minimum Gasteiger partial charge on any atom is -0.463 e. The minimum absolute atomic E-state index is 0.0163. The molecule has 14 heteroatoms. The van der Waals surface area contributed by atoms with Crippen molar-refractivity contribution in [3.8, 4) is 0 Å². The molecule has 0 saturated heterocycles. The van der Waals surface area contributed by atoms with Gasteiger partial charge in [-0.05, 0) is 47.0 Å². The van der Waals surface area contributed by atoms with Crippen molar-refractivity contribution in [2.45, 2.75) is 84.3 Å². The molecule has 2 aromatic rings. The molecule has 1 fully saturated rings. The molecule has 1 aliphatic carbocycles. The summed E-state index contributed by atoms with van der Waals surface area (Å²) >= 11 is 0. The molecule has 0 aliphatic heterocycles. The molecule has 36 heavy (non-hydrogen) atoms. The van der Waals surface area contributed by atoms with Gasteiger partial charge in [0.1, 0.15) is 30.3 Å². The van der Waals surface area contributed by atoms with Crippen LogP contribution in [0.1, 0.15) is 53.4 Å². The lowest BCUT2D eigenvalue weighted by molar-refractivity contribution is -0.154. The van der Waals surface area contributed by atoms with Gasteiger partial charge in [-0.25, -0.2) is 20.0 Å². The Balaban J connectivity index is 1.60. The monoisotopic (exact) mass is 525 g/mol. The average molecular weight is 526 g/mol. The standard InChI is InChI=1S/C22H36N7O6P/c1-14(2)34-18(30)8-9-27-36(32,28-16(4)22(31)35-17-6-5-7-17)13-33-15(3)10-29-12-26-19-20(23)24-11-25-21(19)29/h11-12,14-17H,5-10,13H2,1-4H3,(H2,23,24,25)(H2,27,28,32)/t15-,16-,36-/m1/s1. The number of nitrogen functional groups attached to an aromatic ring is 1. The second kappa shape index (κ2) is 12.6. The van der Waals surface area contributed by atoms with Gasteiger partial charge in [-0.3, -0.25) is 19.2 Å². The molecule has 2 heterocycles. The summed E-state index contributed by atoms with van der Waals surface area (Å²) in [6, 6.07) is -0.831. The molecular weight excluding hydrogens is 489 g/mol.